The third-order valence-electron chi connectivity index (χ3n) is 5.47. The van der Waals surface area contributed by atoms with Crippen LogP contribution >= 0.6 is 11.8 Å². The fourth-order valence-corrected chi connectivity index (χ4v) is 4.68. The predicted octanol–water partition coefficient (Wildman–Crippen LogP) is 5.49. The van der Waals surface area contributed by atoms with Gasteiger partial charge in [0, 0.05) is 28.8 Å². The van der Waals surface area contributed by atoms with Crippen LogP contribution in [-0.2, 0) is 5.75 Å². The first-order chi connectivity index (χ1) is 17.1. The number of fused-ring (bicyclic) bond motifs is 1. The molecule has 2 aromatic heterocycles. The van der Waals surface area contributed by atoms with Crippen LogP contribution in [0.1, 0.15) is 5.56 Å². The van der Waals surface area contributed by atoms with Gasteiger partial charge in [0.1, 0.15) is 22.9 Å². The molecule has 0 spiro atoms. The highest BCUT2D eigenvalue weighted by Crippen LogP contribution is 2.33. The van der Waals surface area contributed by atoms with Gasteiger partial charge in [0.15, 0.2) is 11.0 Å². The number of methoxy groups -OCH3 is 2. The molecule has 0 radical (unpaired) electrons. The molecular weight excluding hydrogens is 469 g/mol. The molecule has 0 unspecified atom stereocenters. The van der Waals surface area contributed by atoms with Gasteiger partial charge in [-0.1, -0.05) is 23.9 Å². The number of aromatic nitrogens is 3. The Labute approximate surface area is 204 Å². The molecule has 9 heteroatoms. The molecule has 2 heterocycles. The Morgan fingerprint density at radius 1 is 0.943 bits per heavy atom. The van der Waals surface area contributed by atoms with Gasteiger partial charge in [-0.15, -0.1) is 10.2 Å². The smallest absolute Gasteiger partial charge is 0.336 e. The molecule has 0 fully saturated rings. The van der Waals surface area contributed by atoms with Gasteiger partial charge in [0.2, 0.25) is 0 Å². The van der Waals surface area contributed by atoms with Crippen LogP contribution in [-0.4, -0.2) is 29.0 Å². The molecule has 35 heavy (non-hydrogen) atoms. The third kappa shape index (κ3) is 4.50. The average molecular weight is 490 g/mol. The summed E-state index contributed by atoms with van der Waals surface area (Å²) in [6.45, 7) is 0. The van der Waals surface area contributed by atoms with Crippen molar-refractivity contribution in [3.8, 4) is 28.6 Å². The van der Waals surface area contributed by atoms with Gasteiger partial charge in [-0.05, 0) is 54.1 Å². The quantitative estimate of drug-likeness (QED) is 0.221. The van der Waals surface area contributed by atoms with E-state index in [9.17, 15) is 9.18 Å². The van der Waals surface area contributed by atoms with E-state index < -0.39 is 11.4 Å². The first-order valence-electron chi connectivity index (χ1n) is 10.7. The zero-order chi connectivity index (χ0) is 24.4. The fraction of sp³-hybridized carbons (Fsp3) is 0.115. The van der Waals surface area contributed by atoms with Crippen molar-refractivity contribution in [1.29, 1.82) is 0 Å². The summed E-state index contributed by atoms with van der Waals surface area (Å²) in [4.78, 5) is 12.2. The minimum Gasteiger partial charge on any atom is -0.497 e. The number of ether oxygens (including phenoxy) is 2. The van der Waals surface area contributed by atoms with Crippen molar-refractivity contribution >= 4 is 22.7 Å². The second kappa shape index (κ2) is 9.63. The van der Waals surface area contributed by atoms with E-state index in [1.807, 2.05) is 30.3 Å². The van der Waals surface area contributed by atoms with Crippen LogP contribution in [0.3, 0.4) is 0 Å². The number of rotatable bonds is 7. The maximum absolute atomic E-state index is 14.9. The summed E-state index contributed by atoms with van der Waals surface area (Å²) in [5.74, 6) is 1.77. The Morgan fingerprint density at radius 3 is 2.43 bits per heavy atom. The maximum atomic E-state index is 14.9. The molecule has 0 amide bonds. The van der Waals surface area contributed by atoms with E-state index >= 15 is 0 Å². The van der Waals surface area contributed by atoms with Gasteiger partial charge < -0.3 is 13.9 Å². The summed E-state index contributed by atoms with van der Waals surface area (Å²) >= 11 is 1.35. The Bertz CT molecular complexity index is 1560. The van der Waals surface area contributed by atoms with E-state index in [0.717, 1.165) is 16.5 Å². The molecule has 0 aliphatic rings. The number of hydrogen-bond acceptors (Lipinski definition) is 7. The molecule has 7 nitrogen and oxygen atoms in total. The number of thioether (sulfide) groups is 1. The average Bonchev–Trinajstić information content (AvgIpc) is 3.30. The lowest BCUT2D eigenvalue weighted by Crippen LogP contribution is -2.03. The van der Waals surface area contributed by atoms with Crippen LogP contribution in [0.25, 0.3) is 28.0 Å². The van der Waals surface area contributed by atoms with E-state index in [1.54, 1.807) is 49.1 Å². The molecule has 176 valence electrons. The fourth-order valence-electron chi connectivity index (χ4n) is 3.74. The molecule has 0 aliphatic carbocycles. The van der Waals surface area contributed by atoms with E-state index in [2.05, 4.69) is 10.2 Å². The molecule has 5 aromatic rings. The first kappa shape index (κ1) is 22.7. The standard InChI is InChI=1S/C26H20FN3O4S/c1-32-18-9-7-16(8-10-18)25-28-29-26(30(25)22-6-4-3-5-21(22)27)35-15-17-13-24(31)34-23-14-19(33-2)11-12-20(17)23/h3-14H,15H2,1-2H3. The van der Waals surface area contributed by atoms with E-state index in [4.69, 9.17) is 13.9 Å². The van der Waals surface area contributed by atoms with Crippen LogP contribution in [0.4, 0.5) is 4.39 Å². The lowest BCUT2D eigenvalue weighted by molar-refractivity contribution is 0.414. The van der Waals surface area contributed by atoms with E-state index in [1.165, 1.54) is 23.9 Å². The van der Waals surface area contributed by atoms with Gasteiger partial charge in [0.05, 0.1) is 19.9 Å². The summed E-state index contributed by atoms with van der Waals surface area (Å²) in [5.41, 5.74) is 1.81. The van der Waals surface area contributed by atoms with Gasteiger partial charge >= 0.3 is 5.63 Å². The number of halogens is 1. The second-order valence-electron chi connectivity index (χ2n) is 7.56. The molecule has 3 aromatic carbocycles. The van der Waals surface area contributed by atoms with Gasteiger partial charge in [-0.25, -0.2) is 9.18 Å². The number of hydrogen-bond donors (Lipinski definition) is 0. The summed E-state index contributed by atoms with van der Waals surface area (Å²) in [6.07, 6.45) is 0. The second-order valence-corrected chi connectivity index (χ2v) is 8.51. The normalized spacial score (nSPS) is 11.1. The molecule has 0 N–H and O–H groups in total. The Balaban J connectivity index is 1.56. The van der Waals surface area contributed by atoms with Crippen LogP contribution in [0.2, 0.25) is 0 Å². The van der Waals surface area contributed by atoms with Crippen LogP contribution in [0.15, 0.2) is 87.2 Å². The highest BCUT2D eigenvalue weighted by Gasteiger charge is 2.19. The molecule has 0 aliphatic heterocycles. The SMILES string of the molecule is COc1ccc(-c2nnc(SCc3cc(=O)oc4cc(OC)ccc34)n2-c2ccccc2F)cc1. The van der Waals surface area contributed by atoms with Crippen molar-refractivity contribution in [1.82, 2.24) is 14.8 Å². The van der Waals surface area contributed by atoms with Crippen LogP contribution < -0.4 is 15.1 Å². The van der Waals surface area contributed by atoms with Crippen molar-refractivity contribution in [2.24, 2.45) is 0 Å². The van der Waals surface area contributed by atoms with Crippen LogP contribution in [0.5, 0.6) is 11.5 Å². The van der Waals surface area contributed by atoms with E-state index in [0.29, 0.717) is 39.5 Å². The topological polar surface area (TPSA) is 79.4 Å². The summed E-state index contributed by atoms with van der Waals surface area (Å²) in [5, 5.41) is 9.98. The summed E-state index contributed by atoms with van der Waals surface area (Å²) in [7, 11) is 3.14. The molecule has 0 bridgehead atoms. The van der Waals surface area contributed by atoms with Gasteiger partial charge in [-0.2, -0.15) is 0 Å². The third-order valence-corrected chi connectivity index (χ3v) is 6.45. The van der Waals surface area contributed by atoms with Gasteiger partial charge in [-0.3, -0.25) is 4.57 Å². The molecule has 0 atom stereocenters. The Morgan fingerprint density at radius 2 is 1.69 bits per heavy atom. The highest BCUT2D eigenvalue weighted by atomic mass is 32.2. The number of benzene rings is 3. The minimum absolute atomic E-state index is 0.327. The van der Waals surface area contributed by atoms with Crippen LogP contribution in [0, 0.1) is 5.82 Å². The van der Waals surface area contributed by atoms with Crippen molar-refractivity contribution < 1.29 is 18.3 Å². The van der Waals surface area contributed by atoms with E-state index in [-0.39, 0.29) is 0 Å². The zero-order valence-electron chi connectivity index (χ0n) is 18.9. The monoisotopic (exact) mass is 489 g/mol. The molecular formula is C26H20FN3O4S. The summed E-state index contributed by atoms with van der Waals surface area (Å²) in [6, 6.07) is 20.6. The first-order valence-corrected chi connectivity index (χ1v) is 11.6. The van der Waals surface area contributed by atoms with Gasteiger partial charge in [0.25, 0.3) is 0 Å². The van der Waals surface area contributed by atoms with Crippen molar-refractivity contribution in [2.75, 3.05) is 14.2 Å². The van der Waals surface area contributed by atoms with Crippen molar-refractivity contribution in [2.45, 2.75) is 10.9 Å². The predicted molar refractivity (Wildman–Crippen MR) is 132 cm³/mol. The Kier molecular flexibility index (Phi) is 6.24. The van der Waals surface area contributed by atoms with Crippen molar-refractivity contribution in [3.05, 3.63) is 94.6 Å². The van der Waals surface area contributed by atoms with Crippen molar-refractivity contribution in [3.63, 3.8) is 0 Å². The zero-order valence-corrected chi connectivity index (χ0v) is 19.7. The summed E-state index contributed by atoms with van der Waals surface area (Å²) < 4.78 is 32.4. The Hall–Kier alpha value is -4.11. The lowest BCUT2D eigenvalue weighted by Gasteiger charge is -2.12. The highest BCUT2D eigenvalue weighted by molar-refractivity contribution is 7.98. The molecule has 5 rings (SSSR count). The lowest BCUT2D eigenvalue weighted by atomic mass is 10.1. The largest absolute Gasteiger partial charge is 0.497 e. The minimum atomic E-state index is -0.462. The molecule has 0 saturated carbocycles. The number of para-hydroxylation sites is 1. The maximum Gasteiger partial charge on any atom is 0.336 e. The number of nitrogens with zero attached hydrogens (tertiary/aromatic N) is 3. The molecule has 0 saturated heterocycles.